The summed E-state index contributed by atoms with van der Waals surface area (Å²) in [5.74, 6) is 1.12. The molecule has 0 bridgehead atoms. The Morgan fingerprint density at radius 2 is 1.69 bits per heavy atom. The Hall–Kier alpha value is -3.57. The number of ether oxygens (including phenoxy) is 3. The van der Waals surface area contributed by atoms with E-state index in [4.69, 9.17) is 14.2 Å². The Labute approximate surface area is 232 Å². The Bertz CT molecular complexity index is 1210. The molecule has 39 heavy (non-hydrogen) atoms. The van der Waals surface area contributed by atoms with Crippen LogP contribution in [0.4, 0.5) is 0 Å². The zero-order valence-electron chi connectivity index (χ0n) is 23.1. The molecule has 0 unspecified atom stereocenters. The highest BCUT2D eigenvalue weighted by Gasteiger charge is 2.40. The van der Waals surface area contributed by atoms with Crippen molar-refractivity contribution in [1.82, 2.24) is 0 Å². The number of aliphatic carboxylic acids is 1. The van der Waals surface area contributed by atoms with E-state index in [1.54, 1.807) is 12.1 Å². The first-order valence-corrected chi connectivity index (χ1v) is 14.0. The normalized spacial score (nSPS) is 20.8. The second kappa shape index (κ2) is 14.0. The molecular weight excluding hydrogens is 488 g/mol. The largest absolute Gasteiger partial charge is 0.482 e. The van der Waals surface area contributed by atoms with Gasteiger partial charge in [0.2, 0.25) is 0 Å². The van der Waals surface area contributed by atoms with Crippen LogP contribution in [0.25, 0.3) is 0 Å². The number of hydrogen-bond acceptors (Lipinski definition) is 4. The van der Waals surface area contributed by atoms with Crippen LogP contribution in [0.2, 0.25) is 0 Å². The van der Waals surface area contributed by atoms with Crippen LogP contribution in [0.1, 0.15) is 75.5 Å². The van der Waals surface area contributed by atoms with Crippen molar-refractivity contribution in [2.75, 3.05) is 6.61 Å². The van der Waals surface area contributed by atoms with Gasteiger partial charge in [-0.1, -0.05) is 93.3 Å². The number of rotatable bonds is 13. The molecule has 1 saturated heterocycles. The number of hydrogen-bond donors (Lipinski definition) is 1. The first kappa shape index (κ1) is 28.4. The molecule has 1 fully saturated rings. The Balaban J connectivity index is 1.70. The highest BCUT2D eigenvalue weighted by Crippen LogP contribution is 2.49. The number of para-hydroxylation sites is 1. The summed E-state index contributed by atoms with van der Waals surface area (Å²) in [7, 11) is 0. The van der Waals surface area contributed by atoms with Gasteiger partial charge in [-0.15, -0.1) is 0 Å². The van der Waals surface area contributed by atoms with E-state index >= 15 is 0 Å². The van der Waals surface area contributed by atoms with Crippen molar-refractivity contribution in [3.8, 4) is 17.2 Å². The number of carboxylic acids is 1. The molecule has 3 aromatic carbocycles. The summed E-state index contributed by atoms with van der Waals surface area (Å²) in [5.41, 5.74) is 3.11. The molecule has 5 nitrogen and oxygen atoms in total. The SMILES string of the molecule is C=C(C)[C@H]1C[C@H](c2ccccc2)[C@H](CCCCCC)O[C@@H]1c1cc(Oc2ccccc2)ccc1OCC(=O)O. The maximum Gasteiger partial charge on any atom is 0.341 e. The number of carbonyl (C=O) groups is 1. The molecule has 4 rings (SSSR count). The van der Waals surface area contributed by atoms with Crippen LogP contribution in [0, 0.1) is 5.92 Å². The predicted octanol–water partition coefficient (Wildman–Crippen LogP) is 8.72. The highest BCUT2D eigenvalue weighted by molar-refractivity contribution is 5.68. The summed E-state index contributed by atoms with van der Waals surface area (Å²) in [6.45, 7) is 8.19. The second-order valence-electron chi connectivity index (χ2n) is 10.4. The van der Waals surface area contributed by atoms with Gasteiger partial charge in [0.05, 0.1) is 12.2 Å². The fraction of sp³-hybridized carbons (Fsp3) is 0.382. The topological polar surface area (TPSA) is 65.0 Å². The summed E-state index contributed by atoms with van der Waals surface area (Å²) in [5, 5.41) is 9.31. The van der Waals surface area contributed by atoms with Crippen molar-refractivity contribution < 1.29 is 24.1 Å². The first-order valence-electron chi connectivity index (χ1n) is 14.0. The molecule has 206 valence electrons. The van der Waals surface area contributed by atoms with Gasteiger partial charge >= 0.3 is 5.97 Å². The summed E-state index contributed by atoms with van der Waals surface area (Å²) in [6.07, 6.45) is 6.23. The molecule has 0 spiro atoms. The van der Waals surface area contributed by atoms with E-state index in [0.29, 0.717) is 11.5 Å². The number of unbranched alkanes of at least 4 members (excludes halogenated alkanes) is 3. The lowest BCUT2D eigenvalue weighted by Crippen LogP contribution is -2.36. The molecule has 1 aliphatic heterocycles. The Morgan fingerprint density at radius 3 is 2.36 bits per heavy atom. The van der Waals surface area contributed by atoms with Crippen molar-refractivity contribution in [3.05, 3.63) is 102 Å². The standard InChI is InChI=1S/C34H40O5/c1-4-5-6-13-18-32-29(25-14-9-7-10-15-25)22-28(24(2)3)34(39-32)30-21-27(38-26-16-11-8-12-17-26)19-20-31(30)37-23-33(35)36/h7-12,14-17,19-21,28-29,32,34H,2,4-6,13,18,22-23H2,1,3H3,(H,35,36)/t28-,29-,32+,34+/m1/s1. The summed E-state index contributed by atoms with van der Waals surface area (Å²) in [6, 6.07) is 25.7. The maximum absolute atomic E-state index is 11.4. The van der Waals surface area contributed by atoms with Crippen LogP contribution >= 0.6 is 0 Å². The lowest BCUT2D eigenvalue weighted by atomic mass is 9.74. The highest BCUT2D eigenvalue weighted by atomic mass is 16.5. The van der Waals surface area contributed by atoms with Crippen molar-refractivity contribution >= 4 is 5.97 Å². The maximum atomic E-state index is 11.4. The molecule has 0 aliphatic carbocycles. The predicted molar refractivity (Wildman–Crippen MR) is 155 cm³/mol. The monoisotopic (exact) mass is 528 g/mol. The third-order valence-electron chi connectivity index (χ3n) is 7.46. The molecule has 0 radical (unpaired) electrons. The molecule has 1 N–H and O–H groups in total. The molecule has 0 saturated carbocycles. The number of carboxylic acid groups (broad SMARTS) is 1. The summed E-state index contributed by atoms with van der Waals surface area (Å²) < 4.78 is 18.9. The molecule has 4 atom stereocenters. The van der Waals surface area contributed by atoms with Crippen LogP contribution in [-0.2, 0) is 9.53 Å². The smallest absolute Gasteiger partial charge is 0.341 e. The average molecular weight is 529 g/mol. The van der Waals surface area contributed by atoms with Gasteiger partial charge in [-0.25, -0.2) is 4.79 Å². The third-order valence-corrected chi connectivity index (χ3v) is 7.46. The third kappa shape index (κ3) is 7.73. The lowest BCUT2D eigenvalue weighted by Gasteiger charge is -2.43. The minimum absolute atomic E-state index is 0.0240. The van der Waals surface area contributed by atoms with Crippen molar-refractivity contribution in [3.63, 3.8) is 0 Å². The van der Waals surface area contributed by atoms with Crippen LogP contribution in [-0.4, -0.2) is 23.8 Å². The van der Waals surface area contributed by atoms with Gasteiger partial charge in [0.1, 0.15) is 17.2 Å². The minimum Gasteiger partial charge on any atom is -0.482 e. The molecule has 5 heteroatoms. The fourth-order valence-corrected chi connectivity index (χ4v) is 5.48. The molecule has 0 aromatic heterocycles. The van der Waals surface area contributed by atoms with Crippen LogP contribution in [0.15, 0.2) is 91.0 Å². The van der Waals surface area contributed by atoms with Gasteiger partial charge in [-0.3, -0.25) is 0 Å². The van der Waals surface area contributed by atoms with Crippen LogP contribution < -0.4 is 9.47 Å². The van der Waals surface area contributed by atoms with Gasteiger partial charge < -0.3 is 19.3 Å². The minimum atomic E-state index is -1.02. The van der Waals surface area contributed by atoms with Gasteiger partial charge in [-0.2, -0.15) is 0 Å². The van der Waals surface area contributed by atoms with Crippen molar-refractivity contribution in [1.29, 1.82) is 0 Å². The van der Waals surface area contributed by atoms with E-state index in [1.165, 1.54) is 24.8 Å². The summed E-state index contributed by atoms with van der Waals surface area (Å²) >= 11 is 0. The van der Waals surface area contributed by atoms with Crippen molar-refractivity contribution in [2.24, 2.45) is 5.92 Å². The molecule has 0 amide bonds. The Kier molecular flexibility index (Phi) is 10.2. The van der Waals surface area contributed by atoms with E-state index in [1.807, 2.05) is 49.4 Å². The van der Waals surface area contributed by atoms with E-state index < -0.39 is 12.6 Å². The molecule has 1 heterocycles. The number of benzene rings is 3. The van der Waals surface area contributed by atoms with Gasteiger partial charge in [-0.05, 0) is 55.7 Å². The van der Waals surface area contributed by atoms with E-state index in [-0.39, 0.29) is 24.0 Å². The second-order valence-corrected chi connectivity index (χ2v) is 10.4. The zero-order valence-corrected chi connectivity index (χ0v) is 23.1. The fourth-order valence-electron chi connectivity index (χ4n) is 5.48. The van der Waals surface area contributed by atoms with Gasteiger partial charge in [0, 0.05) is 17.4 Å². The zero-order chi connectivity index (χ0) is 27.6. The lowest BCUT2D eigenvalue weighted by molar-refractivity contribution is -0.139. The van der Waals surface area contributed by atoms with Gasteiger partial charge in [0.15, 0.2) is 6.61 Å². The molecule has 3 aromatic rings. The average Bonchev–Trinajstić information content (AvgIpc) is 2.95. The molecule has 1 aliphatic rings. The summed E-state index contributed by atoms with van der Waals surface area (Å²) in [4.78, 5) is 11.4. The van der Waals surface area contributed by atoms with Gasteiger partial charge in [0.25, 0.3) is 0 Å². The van der Waals surface area contributed by atoms with Crippen LogP contribution in [0.5, 0.6) is 17.2 Å². The first-order chi connectivity index (χ1) is 19.0. The Morgan fingerprint density at radius 1 is 0.974 bits per heavy atom. The molecular formula is C34H40O5. The quantitative estimate of drug-likeness (QED) is 0.177. The van der Waals surface area contributed by atoms with E-state index in [2.05, 4.69) is 37.8 Å². The van der Waals surface area contributed by atoms with Crippen molar-refractivity contribution in [2.45, 2.75) is 70.5 Å². The van der Waals surface area contributed by atoms with Crippen LogP contribution in [0.3, 0.4) is 0 Å². The van der Waals surface area contributed by atoms with E-state index in [9.17, 15) is 9.90 Å². The van der Waals surface area contributed by atoms with E-state index in [0.717, 1.165) is 36.1 Å².